The SMILES string of the molecule is O=C1COc2ccc(C(=O)COC(=O)CCNS(=O)(=O)c3cccc(C(F)(F)F)c3)cc2N1. The van der Waals surface area contributed by atoms with Crippen LogP contribution in [0.5, 0.6) is 5.75 Å². The molecule has 0 saturated heterocycles. The van der Waals surface area contributed by atoms with Crippen LogP contribution in [-0.2, 0) is 30.5 Å². The van der Waals surface area contributed by atoms with Crippen molar-refractivity contribution < 1.29 is 45.4 Å². The molecule has 0 unspecified atom stereocenters. The third kappa shape index (κ3) is 6.29. The number of ether oxygens (including phenoxy) is 2. The average molecular weight is 486 g/mol. The van der Waals surface area contributed by atoms with Crippen molar-refractivity contribution in [2.24, 2.45) is 0 Å². The first-order valence-corrected chi connectivity index (χ1v) is 10.9. The molecule has 0 atom stereocenters. The van der Waals surface area contributed by atoms with Gasteiger partial charge in [-0.15, -0.1) is 0 Å². The number of rotatable bonds is 8. The maximum atomic E-state index is 12.8. The second-order valence-electron chi connectivity index (χ2n) is 6.81. The number of sulfonamides is 1. The zero-order valence-corrected chi connectivity index (χ0v) is 17.6. The summed E-state index contributed by atoms with van der Waals surface area (Å²) in [6.45, 7) is -1.23. The third-order valence-corrected chi connectivity index (χ3v) is 5.85. The van der Waals surface area contributed by atoms with E-state index in [1.165, 1.54) is 18.2 Å². The average Bonchev–Trinajstić information content (AvgIpc) is 2.76. The lowest BCUT2D eigenvalue weighted by atomic mass is 10.1. The van der Waals surface area contributed by atoms with Gasteiger partial charge in [-0.2, -0.15) is 13.2 Å². The van der Waals surface area contributed by atoms with Crippen molar-refractivity contribution in [1.82, 2.24) is 4.72 Å². The van der Waals surface area contributed by atoms with Crippen LogP contribution < -0.4 is 14.8 Å². The first-order chi connectivity index (χ1) is 15.5. The fraction of sp³-hybridized carbons (Fsp3) is 0.250. The van der Waals surface area contributed by atoms with Crippen molar-refractivity contribution in [3.63, 3.8) is 0 Å². The Hall–Kier alpha value is -3.45. The lowest BCUT2D eigenvalue weighted by molar-refractivity contribution is -0.142. The molecule has 1 aliphatic rings. The molecular weight excluding hydrogens is 469 g/mol. The van der Waals surface area contributed by atoms with Gasteiger partial charge < -0.3 is 14.8 Å². The zero-order valence-electron chi connectivity index (χ0n) is 16.8. The summed E-state index contributed by atoms with van der Waals surface area (Å²) in [6.07, 6.45) is -5.17. The van der Waals surface area contributed by atoms with Gasteiger partial charge in [0.1, 0.15) is 5.75 Å². The quantitative estimate of drug-likeness (QED) is 0.432. The van der Waals surface area contributed by atoms with Gasteiger partial charge in [0.2, 0.25) is 10.0 Å². The maximum absolute atomic E-state index is 12.8. The molecule has 3 rings (SSSR count). The van der Waals surface area contributed by atoms with E-state index in [0.29, 0.717) is 17.5 Å². The van der Waals surface area contributed by atoms with Crippen LogP contribution in [0.25, 0.3) is 0 Å². The van der Waals surface area contributed by atoms with Gasteiger partial charge in [0.05, 0.1) is 22.6 Å². The zero-order chi connectivity index (χ0) is 24.2. The van der Waals surface area contributed by atoms with Crippen LogP contribution in [0, 0.1) is 0 Å². The minimum absolute atomic E-state index is 0.143. The molecule has 0 fully saturated rings. The Morgan fingerprint density at radius 2 is 1.91 bits per heavy atom. The molecule has 13 heteroatoms. The van der Waals surface area contributed by atoms with Gasteiger partial charge in [0.15, 0.2) is 19.0 Å². The summed E-state index contributed by atoms with van der Waals surface area (Å²) in [7, 11) is -4.30. The number of fused-ring (bicyclic) bond motifs is 1. The van der Waals surface area contributed by atoms with E-state index < -0.39 is 58.0 Å². The number of nitrogens with one attached hydrogen (secondary N) is 2. The van der Waals surface area contributed by atoms with Crippen molar-refractivity contribution >= 4 is 33.4 Å². The van der Waals surface area contributed by atoms with E-state index in [1.807, 2.05) is 4.72 Å². The Kier molecular flexibility index (Phi) is 7.03. The smallest absolute Gasteiger partial charge is 0.416 e. The van der Waals surface area contributed by atoms with Crippen molar-refractivity contribution in [1.29, 1.82) is 0 Å². The van der Waals surface area contributed by atoms with E-state index in [4.69, 9.17) is 9.47 Å². The molecule has 0 aromatic heterocycles. The van der Waals surface area contributed by atoms with Crippen molar-refractivity contribution in [2.75, 3.05) is 25.1 Å². The highest BCUT2D eigenvalue weighted by atomic mass is 32.2. The van der Waals surface area contributed by atoms with Crippen LogP contribution in [0.1, 0.15) is 22.3 Å². The summed E-state index contributed by atoms with van der Waals surface area (Å²) in [4.78, 5) is 34.8. The van der Waals surface area contributed by atoms with Crippen LogP contribution in [0.15, 0.2) is 47.4 Å². The first-order valence-electron chi connectivity index (χ1n) is 9.38. The summed E-state index contributed by atoms with van der Waals surface area (Å²) in [5.41, 5.74) is -0.679. The van der Waals surface area contributed by atoms with Gasteiger partial charge >= 0.3 is 12.1 Å². The fourth-order valence-corrected chi connectivity index (χ4v) is 3.85. The predicted octanol–water partition coefficient (Wildman–Crippen LogP) is 2.13. The molecule has 0 saturated carbocycles. The first kappa shape index (κ1) is 24.2. The van der Waals surface area contributed by atoms with Crippen molar-refractivity contribution in [3.05, 3.63) is 53.6 Å². The number of anilines is 1. The fourth-order valence-electron chi connectivity index (χ4n) is 2.77. The molecule has 2 aromatic carbocycles. The standard InChI is InChI=1S/C20H17F3N2O7S/c21-20(22,23)13-2-1-3-14(9-13)33(29,30)24-7-6-19(28)32-10-16(26)12-4-5-17-15(8-12)25-18(27)11-31-17/h1-5,8-9,24H,6-7,10-11H2,(H,25,27). The Balaban J connectivity index is 1.49. The van der Waals surface area contributed by atoms with Crippen LogP contribution >= 0.6 is 0 Å². The van der Waals surface area contributed by atoms with Crippen LogP contribution in [-0.4, -0.2) is 45.8 Å². The summed E-state index contributed by atoms with van der Waals surface area (Å²) < 4.78 is 74.6. The number of hydrogen-bond acceptors (Lipinski definition) is 7. The van der Waals surface area contributed by atoms with Gasteiger partial charge in [-0.25, -0.2) is 13.1 Å². The molecule has 2 N–H and O–H groups in total. The minimum atomic E-state index is -4.71. The Labute approximate surface area is 185 Å². The molecule has 1 aliphatic heterocycles. The monoisotopic (exact) mass is 486 g/mol. The van der Waals surface area contributed by atoms with Crippen molar-refractivity contribution in [3.8, 4) is 5.75 Å². The minimum Gasteiger partial charge on any atom is -0.482 e. The van der Waals surface area contributed by atoms with Gasteiger partial charge in [-0.1, -0.05) is 6.07 Å². The van der Waals surface area contributed by atoms with E-state index in [-0.39, 0.29) is 18.1 Å². The number of ketones is 1. The highest BCUT2D eigenvalue weighted by molar-refractivity contribution is 7.89. The Bertz CT molecular complexity index is 1200. The number of alkyl halides is 3. The number of halogens is 3. The molecule has 0 spiro atoms. The number of benzene rings is 2. The second-order valence-corrected chi connectivity index (χ2v) is 8.57. The summed E-state index contributed by atoms with van der Waals surface area (Å²) in [5, 5.41) is 2.54. The highest BCUT2D eigenvalue weighted by Crippen LogP contribution is 2.30. The largest absolute Gasteiger partial charge is 0.482 e. The molecule has 2 aromatic rings. The van der Waals surface area contributed by atoms with E-state index >= 15 is 0 Å². The molecule has 0 radical (unpaired) electrons. The number of hydrogen-bond donors (Lipinski definition) is 2. The lowest BCUT2D eigenvalue weighted by Crippen LogP contribution is -2.27. The molecule has 1 heterocycles. The van der Waals surface area contributed by atoms with E-state index in [0.717, 1.165) is 18.2 Å². The van der Waals surface area contributed by atoms with Gasteiger partial charge in [-0.3, -0.25) is 14.4 Å². The summed E-state index contributed by atoms with van der Waals surface area (Å²) in [6, 6.07) is 7.42. The molecular formula is C20H17F3N2O7S. The van der Waals surface area contributed by atoms with Gasteiger partial charge in [-0.05, 0) is 36.4 Å². The Morgan fingerprint density at radius 3 is 2.64 bits per heavy atom. The predicted molar refractivity (Wildman–Crippen MR) is 107 cm³/mol. The molecule has 0 bridgehead atoms. The van der Waals surface area contributed by atoms with Crippen LogP contribution in [0.3, 0.4) is 0 Å². The van der Waals surface area contributed by atoms with Crippen LogP contribution in [0.2, 0.25) is 0 Å². The number of esters is 1. The molecule has 0 aliphatic carbocycles. The topological polar surface area (TPSA) is 128 Å². The third-order valence-electron chi connectivity index (χ3n) is 4.39. The van der Waals surface area contributed by atoms with Gasteiger partial charge in [0, 0.05) is 12.1 Å². The maximum Gasteiger partial charge on any atom is 0.416 e. The number of amides is 1. The van der Waals surface area contributed by atoms with Crippen LogP contribution in [0.4, 0.5) is 18.9 Å². The van der Waals surface area contributed by atoms with E-state index in [2.05, 4.69) is 5.32 Å². The van der Waals surface area contributed by atoms with E-state index in [1.54, 1.807) is 0 Å². The summed E-state index contributed by atoms with van der Waals surface area (Å²) >= 11 is 0. The normalized spacial score (nSPS) is 13.5. The van der Waals surface area contributed by atoms with E-state index in [9.17, 15) is 36.0 Å². The molecule has 176 valence electrons. The number of carbonyl (C=O) groups excluding carboxylic acids is 3. The van der Waals surface area contributed by atoms with Gasteiger partial charge in [0.25, 0.3) is 5.91 Å². The molecule has 33 heavy (non-hydrogen) atoms. The molecule has 1 amide bonds. The van der Waals surface area contributed by atoms with Crippen molar-refractivity contribution in [2.45, 2.75) is 17.5 Å². The lowest BCUT2D eigenvalue weighted by Gasteiger charge is -2.18. The number of carbonyl (C=O) groups is 3. The number of Topliss-reactive ketones (excluding diaryl/α,β-unsaturated/α-hetero) is 1. The highest BCUT2D eigenvalue weighted by Gasteiger charge is 2.31. The Morgan fingerprint density at radius 1 is 1.15 bits per heavy atom. The summed E-state index contributed by atoms with van der Waals surface area (Å²) in [5.74, 6) is -1.47. The second kappa shape index (κ2) is 9.58. The molecule has 9 nitrogen and oxygen atoms in total.